The first-order valence-electron chi connectivity index (χ1n) is 5.67. The van der Waals surface area contributed by atoms with Crippen LogP contribution in [0.15, 0.2) is 5.38 Å². The van der Waals surface area contributed by atoms with E-state index < -0.39 is 12.0 Å². The highest BCUT2D eigenvalue weighted by Gasteiger charge is 2.20. The summed E-state index contributed by atoms with van der Waals surface area (Å²) in [6.07, 6.45) is 2.30. The van der Waals surface area contributed by atoms with Gasteiger partial charge in [0, 0.05) is 30.9 Å². The van der Waals surface area contributed by atoms with Gasteiger partial charge >= 0.3 is 5.97 Å². The van der Waals surface area contributed by atoms with Crippen LogP contribution in [0, 0.1) is 0 Å². The number of hydrogen-bond acceptors (Lipinski definition) is 5. The molecule has 1 unspecified atom stereocenters. The molecule has 0 amide bonds. The molecule has 1 aliphatic heterocycles. The van der Waals surface area contributed by atoms with E-state index in [0.717, 1.165) is 36.8 Å². The third kappa shape index (κ3) is 3.24. The van der Waals surface area contributed by atoms with Crippen LogP contribution in [0.3, 0.4) is 0 Å². The van der Waals surface area contributed by atoms with Gasteiger partial charge in [0.2, 0.25) is 0 Å². The first-order valence-corrected chi connectivity index (χ1v) is 6.55. The van der Waals surface area contributed by atoms with Crippen LogP contribution in [0.5, 0.6) is 0 Å². The predicted octanol–water partition coefficient (Wildman–Crippen LogP) is 0.992. The van der Waals surface area contributed by atoms with Crippen LogP contribution in [-0.2, 0) is 16.0 Å². The molecule has 0 aliphatic carbocycles. The van der Waals surface area contributed by atoms with E-state index in [-0.39, 0.29) is 0 Å². The van der Waals surface area contributed by atoms with Gasteiger partial charge in [-0.25, -0.2) is 4.98 Å². The van der Waals surface area contributed by atoms with E-state index in [1.165, 1.54) is 0 Å². The Kier molecular flexibility index (Phi) is 4.09. The standard InChI is InChI=1S/C11H16N2O3S/c12-9(11(14)15)5-8-6-17-10(13-8)7-1-3-16-4-2-7/h6-7,9H,1-5,12H2,(H,14,15). The van der Waals surface area contributed by atoms with Gasteiger partial charge < -0.3 is 15.6 Å². The molecule has 5 nitrogen and oxygen atoms in total. The molecule has 1 aromatic heterocycles. The average molecular weight is 256 g/mol. The van der Waals surface area contributed by atoms with Gasteiger partial charge in [-0.1, -0.05) is 0 Å². The maximum absolute atomic E-state index is 10.6. The highest BCUT2D eigenvalue weighted by Crippen LogP contribution is 2.29. The lowest BCUT2D eigenvalue weighted by atomic mass is 10.0. The maximum atomic E-state index is 10.6. The molecule has 1 aromatic rings. The zero-order chi connectivity index (χ0) is 12.3. The monoisotopic (exact) mass is 256 g/mol. The Hall–Kier alpha value is -0.980. The van der Waals surface area contributed by atoms with E-state index in [4.69, 9.17) is 15.6 Å². The van der Waals surface area contributed by atoms with Crippen LogP contribution >= 0.6 is 11.3 Å². The zero-order valence-corrected chi connectivity index (χ0v) is 10.3. The van der Waals surface area contributed by atoms with Crippen molar-refractivity contribution in [3.05, 3.63) is 16.1 Å². The SMILES string of the molecule is NC(Cc1csc(C2CCOCC2)n1)C(=O)O. The lowest BCUT2D eigenvalue weighted by Gasteiger charge is -2.19. The topological polar surface area (TPSA) is 85.4 Å². The molecular formula is C11H16N2O3S. The molecule has 94 valence electrons. The molecule has 0 spiro atoms. The zero-order valence-electron chi connectivity index (χ0n) is 9.46. The van der Waals surface area contributed by atoms with E-state index in [0.29, 0.717) is 12.3 Å². The number of aliphatic carboxylic acids is 1. The first-order chi connectivity index (χ1) is 8.16. The fraction of sp³-hybridized carbons (Fsp3) is 0.636. The lowest BCUT2D eigenvalue weighted by Crippen LogP contribution is -2.32. The average Bonchev–Trinajstić information content (AvgIpc) is 2.78. The smallest absolute Gasteiger partial charge is 0.320 e. The lowest BCUT2D eigenvalue weighted by molar-refractivity contribution is -0.138. The summed E-state index contributed by atoms with van der Waals surface area (Å²) in [4.78, 5) is 15.1. The molecule has 1 atom stereocenters. The van der Waals surface area contributed by atoms with Crippen molar-refractivity contribution in [3.8, 4) is 0 Å². The Bertz CT molecular complexity index is 388. The number of carboxylic acid groups (broad SMARTS) is 1. The number of carbonyl (C=O) groups is 1. The number of ether oxygens (including phenoxy) is 1. The predicted molar refractivity (Wildman–Crippen MR) is 64.2 cm³/mol. The second kappa shape index (κ2) is 5.57. The number of hydrogen-bond donors (Lipinski definition) is 2. The van der Waals surface area contributed by atoms with Gasteiger partial charge in [-0.15, -0.1) is 11.3 Å². The molecule has 0 saturated carbocycles. The number of nitrogens with two attached hydrogens (primary N) is 1. The third-order valence-electron chi connectivity index (χ3n) is 2.89. The van der Waals surface area contributed by atoms with Crippen LogP contribution in [0.1, 0.15) is 29.5 Å². The number of thiazole rings is 1. The Morgan fingerprint density at radius 3 is 3.00 bits per heavy atom. The molecule has 0 radical (unpaired) electrons. The molecule has 1 fully saturated rings. The Morgan fingerprint density at radius 2 is 2.35 bits per heavy atom. The summed E-state index contributed by atoms with van der Waals surface area (Å²) in [5.74, 6) is -0.519. The van der Waals surface area contributed by atoms with Crippen molar-refractivity contribution in [1.82, 2.24) is 4.98 Å². The van der Waals surface area contributed by atoms with Gasteiger partial charge in [0.15, 0.2) is 0 Å². The number of aromatic nitrogens is 1. The summed E-state index contributed by atoms with van der Waals surface area (Å²) in [5.41, 5.74) is 6.27. The van der Waals surface area contributed by atoms with Gasteiger partial charge in [-0.3, -0.25) is 4.79 Å². The maximum Gasteiger partial charge on any atom is 0.320 e. The minimum absolute atomic E-state index is 0.301. The van der Waals surface area contributed by atoms with Crippen LogP contribution in [-0.4, -0.2) is 35.3 Å². The third-order valence-corrected chi connectivity index (χ3v) is 3.94. The largest absolute Gasteiger partial charge is 0.480 e. The van der Waals surface area contributed by atoms with Crippen LogP contribution in [0.25, 0.3) is 0 Å². The molecule has 3 N–H and O–H groups in total. The van der Waals surface area contributed by atoms with E-state index in [2.05, 4.69) is 4.98 Å². The highest BCUT2D eigenvalue weighted by atomic mass is 32.1. The summed E-state index contributed by atoms with van der Waals surface area (Å²) in [6, 6.07) is -0.861. The van der Waals surface area contributed by atoms with Crippen molar-refractivity contribution in [1.29, 1.82) is 0 Å². The second-order valence-electron chi connectivity index (χ2n) is 4.21. The summed E-state index contributed by atoms with van der Waals surface area (Å²) in [5, 5.41) is 11.7. The first kappa shape index (κ1) is 12.5. The normalized spacial score (nSPS) is 19.1. The number of rotatable bonds is 4. The molecule has 1 saturated heterocycles. The number of carboxylic acids is 1. The number of nitrogens with zero attached hydrogens (tertiary/aromatic N) is 1. The summed E-state index contributed by atoms with van der Waals surface area (Å²) < 4.78 is 5.30. The van der Waals surface area contributed by atoms with Crippen molar-refractivity contribution in [2.75, 3.05) is 13.2 Å². The fourth-order valence-corrected chi connectivity index (χ4v) is 2.86. The minimum atomic E-state index is -0.981. The summed E-state index contributed by atoms with van der Waals surface area (Å²) >= 11 is 1.59. The second-order valence-corrected chi connectivity index (χ2v) is 5.10. The minimum Gasteiger partial charge on any atom is -0.480 e. The molecule has 1 aliphatic rings. The van der Waals surface area contributed by atoms with Gasteiger partial charge in [0.05, 0.1) is 10.7 Å². The molecule has 2 rings (SSSR count). The molecule has 6 heteroatoms. The van der Waals surface area contributed by atoms with Crippen molar-refractivity contribution >= 4 is 17.3 Å². The summed E-state index contributed by atoms with van der Waals surface area (Å²) in [6.45, 7) is 1.57. The van der Waals surface area contributed by atoms with Crippen molar-refractivity contribution in [2.24, 2.45) is 5.73 Å². The molecule has 0 aromatic carbocycles. The highest BCUT2D eigenvalue weighted by molar-refractivity contribution is 7.09. The van der Waals surface area contributed by atoms with Crippen molar-refractivity contribution in [2.45, 2.75) is 31.2 Å². The van der Waals surface area contributed by atoms with Crippen LogP contribution < -0.4 is 5.73 Å². The van der Waals surface area contributed by atoms with E-state index in [1.54, 1.807) is 11.3 Å². The van der Waals surface area contributed by atoms with Crippen LogP contribution in [0.4, 0.5) is 0 Å². The van der Waals surface area contributed by atoms with Crippen LogP contribution in [0.2, 0.25) is 0 Å². The van der Waals surface area contributed by atoms with Gasteiger partial charge in [-0.2, -0.15) is 0 Å². The van der Waals surface area contributed by atoms with Crippen molar-refractivity contribution < 1.29 is 14.6 Å². The Morgan fingerprint density at radius 1 is 1.65 bits per heavy atom. The summed E-state index contributed by atoms with van der Waals surface area (Å²) in [7, 11) is 0. The van der Waals surface area contributed by atoms with Gasteiger partial charge in [-0.05, 0) is 12.8 Å². The molecule has 0 bridgehead atoms. The van der Waals surface area contributed by atoms with Gasteiger partial charge in [0.25, 0.3) is 0 Å². The van der Waals surface area contributed by atoms with E-state index in [1.807, 2.05) is 5.38 Å². The van der Waals surface area contributed by atoms with E-state index >= 15 is 0 Å². The Balaban J connectivity index is 1.97. The molecule has 2 heterocycles. The molecular weight excluding hydrogens is 240 g/mol. The van der Waals surface area contributed by atoms with E-state index in [9.17, 15) is 4.79 Å². The Labute approximate surface area is 104 Å². The quantitative estimate of drug-likeness (QED) is 0.839. The fourth-order valence-electron chi connectivity index (χ4n) is 1.86. The van der Waals surface area contributed by atoms with Crippen molar-refractivity contribution in [3.63, 3.8) is 0 Å². The molecule has 17 heavy (non-hydrogen) atoms. The van der Waals surface area contributed by atoms with Gasteiger partial charge in [0.1, 0.15) is 6.04 Å².